The molecule has 4 amide bonds. The Labute approximate surface area is 267 Å². The van der Waals surface area contributed by atoms with Crippen molar-refractivity contribution in [3.63, 3.8) is 0 Å². The molecule has 2 aromatic carbocycles. The molecule has 1 aliphatic carbocycles. The van der Waals surface area contributed by atoms with Gasteiger partial charge in [-0.1, -0.05) is 43.7 Å². The van der Waals surface area contributed by atoms with Gasteiger partial charge in [0, 0.05) is 19.0 Å². The fourth-order valence-corrected chi connectivity index (χ4v) is 5.75. The van der Waals surface area contributed by atoms with Crippen LogP contribution in [-0.2, 0) is 25.8 Å². The molecule has 5 rings (SSSR count). The minimum atomic E-state index is -1.02. The summed E-state index contributed by atoms with van der Waals surface area (Å²) in [5, 5.41) is 8.36. The smallest absolute Gasteiger partial charge is 0.318 e. The van der Waals surface area contributed by atoms with Gasteiger partial charge in [0.15, 0.2) is 11.5 Å². The molecule has 2 aromatic rings. The second kappa shape index (κ2) is 14.1. The number of amides is 4. The van der Waals surface area contributed by atoms with Crippen molar-refractivity contribution in [2.75, 3.05) is 27.9 Å². The molecular weight excluding hydrogens is 594 g/mol. The van der Waals surface area contributed by atoms with Crippen molar-refractivity contribution in [2.45, 2.75) is 69.3 Å². The Kier molecular flexibility index (Phi) is 10.0. The molecule has 0 unspecified atom stereocenters. The molecule has 13 heteroatoms. The van der Waals surface area contributed by atoms with Gasteiger partial charge in [0.25, 0.3) is 5.91 Å². The summed E-state index contributed by atoms with van der Waals surface area (Å²) >= 11 is 0. The number of ketones is 1. The van der Waals surface area contributed by atoms with Crippen LogP contribution in [0.5, 0.6) is 17.2 Å². The average molecular weight is 636 g/mol. The highest BCUT2D eigenvalue weighted by atomic mass is 16.7. The predicted octanol–water partition coefficient (Wildman–Crippen LogP) is 2.44. The van der Waals surface area contributed by atoms with Crippen LogP contribution in [0.4, 0.5) is 4.79 Å². The molecule has 0 aromatic heterocycles. The third-order valence-corrected chi connectivity index (χ3v) is 8.29. The highest BCUT2D eigenvalue weighted by molar-refractivity contribution is 6.38. The molecular formula is C33H41N5O8. The van der Waals surface area contributed by atoms with E-state index in [1.165, 1.54) is 26.2 Å². The van der Waals surface area contributed by atoms with E-state index in [-0.39, 0.29) is 32.0 Å². The van der Waals surface area contributed by atoms with Crippen LogP contribution in [0.25, 0.3) is 5.70 Å². The van der Waals surface area contributed by atoms with E-state index >= 15 is 0 Å². The molecule has 0 radical (unpaired) electrons. The second-order valence-electron chi connectivity index (χ2n) is 11.7. The van der Waals surface area contributed by atoms with E-state index in [0.29, 0.717) is 29.2 Å². The summed E-state index contributed by atoms with van der Waals surface area (Å²) in [7, 11) is 4.52. The number of methoxy groups -OCH3 is 3. The first-order valence-electron chi connectivity index (χ1n) is 15.4. The number of nitrogens with one attached hydrogen (secondary N) is 4. The van der Waals surface area contributed by atoms with Crippen molar-refractivity contribution >= 4 is 29.3 Å². The Hall–Kier alpha value is -4.78. The Morgan fingerprint density at radius 3 is 2.35 bits per heavy atom. The summed E-state index contributed by atoms with van der Waals surface area (Å²) in [6.07, 6.45) is 4.52. The highest BCUT2D eigenvalue weighted by Crippen LogP contribution is 2.39. The van der Waals surface area contributed by atoms with E-state index in [4.69, 9.17) is 19.0 Å². The van der Waals surface area contributed by atoms with E-state index in [1.54, 1.807) is 12.1 Å². The maximum atomic E-state index is 13.9. The van der Waals surface area contributed by atoms with Crippen LogP contribution in [0.3, 0.4) is 0 Å². The minimum absolute atomic E-state index is 0.00607. The molecule has 1 saturated heterocycles. The Balaban J connectivity index is 1.37. The molecule has 3 aliphatic rings. The number of nitrogens with zero attached hydrogens (tertiary/aromatic N) is 1. The number of urea groups is 1. The predicted molar refractivity (Wildman–Crippen MR) is 168 cm³/mol. The van der Waals surface area contributed by atoms with Crippen molar-refractivity contribution in [1.82, 2.24) is 26.3 Å². The zero-order valence-electron chi connectivity index (χ0n) is 26.5. The number of rotatable bonds is 13. The maximum absolute atomic E-state index is 13.9. The standard InChI is InChI=1S/C33H41N5O8/c1-5-9-23(28(39)31(41)35-22-12-13-22)36-30(40)25-17-33(16-24(37-46-33)21-10-7-6-8-11-21)19-38(25)32(42)34-18-20-14-26(43-2)29(45-4)27(15-20)44-3/h6-8,10-11,14-16,22-23,25,37H,5,9,12-13,17-19H2,1-4H3,(H,34,42)(H,35,41)(H,36,40)/t23-,25-,33+/m0/s1. The molecule has 2 aliphatic heterocycles. The third-order valence-electron chi connectivity index (χ3n) is 8.29. The summed E-state index contributed by atoms with van der Waals surface area (Å²) in [5.41, 5.74) is 4.24. The van der Waals surface area contributed by atoms with E-state index in [0.717, 1.165) is 24.1 Å². The summed E-state index contributed by atoms with van der Waals surface area (Å²) in [6.45, 7) is 2.02. The first kappa shape index (κ1) is 32.6. The van der Waals surface area contributed by atoms with Crippen LogP contribution in [-0.4, -0.2) is 80.1 Å². The van der Waals surface area contributed by atoms with E-state index < -0.39 is 41.3 Å². The molecule has 0 bridgehead atoms. The molecule has 1 spiro atoms. The first-order chi connectivity index (χ1) is 22.2. The minimum Gasteiger partial charge on any atom is -0.493 e. The largest absolute Gasteiger partial charge is 0.493 e. The molecule has 2 fully saturated rings. The molecule has 3 atom stereocenters. The zero-order valence-corrected chi connectivity index (χ0v) is 26.5. The molecule has 1 saturated carbocycles. The number of hydroxylamine groups is 1. The van der Waals surface area contributed by atoms with E-state index in [9.17, 15) is 19.2 Å². The Morgan fingerprint density at radius 1 is 1.04 bits per heavy atom. The molecule has 13 nitrogen and oxygen atoms in total. The number of Topliss-reactive ketones (excluding diaryl/α,β-unsaturated/α-hetero) is 1. The van der Waals surface area contributed by atoms with Crippen molar-refractivity contribution in [1.29, 1.82) is 0 Å². The van der Waals surface area contributed by atoms with Crippen LogP contribution < -0.4 is 35.6 Å². The number of hydrogen-bond acceptors (Lipinski definition) is 9. The van der Waals surface area contributed by atoms with Crippen LogP contribution in [0.1, 0.15) is 50.2 Å². The number of carbonyl (C=O) groups excluding carboxylic acids is 4. The summed E-state index contributed by atoms with van der Waals surface area (Å²) in [6, 6.07) is 10.5. The summed E-state index contributed by atoms with van der Waals surface area (Å²) in [5.74, 6) is -0.654. The molecule has 246 valence electrons. The van der Waals surface area contributed by atoms with Crippen molar-refractivity contribution < 1.29 is 38.2 Å². The average Bonchev–Trinajstić information content (AvgIpc) is 3.67. The van der Waals surface area contributed by atoms with Gasteiger partial charge in [0.2, 0.25) is 17.4 Å². The molecule has 46 heavy (non-hydrogen) atoms. The quantitative estimate of drug-likeness (QED) is 0.243. The number of hydrogen-bond donors (Lipinski definition) is 4. The lowest BCUT2D eigenvalue weighted by Gasteiger charge is -2.26. The Morgan fingerprint density at radius 2 is 1.74 bits per heavy atom. The van der Waals surface area contributed by atoms with Crippen LogP contribution in [0, 0.1) is 0 Å². The maximum Gasteiger partial charge on any atom is 0.318 e. The SMILES string of the molecule is CCC[C@H](NC(=O)[C@@H]1C[C@]2(C=C(c3ccccc3)NO2)CN1C(=O)NCc1cc(OC)c(OC)c(OC)c1)C(=O)C(=O)NC1CC1. The van der Waals surface area contributed by atoms with Crippen LogP contribution >= 0.6 is 0 Å². The lowest BCUT2D eigenvalue weighted by atomic mass is 9.97. The summed E-state index contributed by atoms with van der Waals surface area (Å²) in [4.78, 5) is 60.6. The molecule has 2 heterocycles. The fourth-order valence-electron chi connectivity index (χ4n) is 5.75. The van der Waals surface area contributed by atoms with Gasteiger partial charge in [-0.05, 0) is 48.6 Å². The molecule has 4 N–H and O–H groups in total. The van der Waals surface area contributed by atoms with Gasteiger partial charge in [-0.25, -0.2) is 4.79 Å². The van der Waals surface area contributed by atoms with Crippen LogP contribution in [0.2, 0.25) is 0 Å². The number of likely N-dealkylation sites (tertiary alicyclic amines) is 1. The lowest BCUT2D eigenvalue weighted by Crippen LogP contribution is -2.54. The zero-order chi connectivity index (χ0) is 32.8. The van der Waals surface area contributed by atoms with Crippen molar-refractivity contribution in [2.24, 2.45) is 0 Å². The van der Waals surface area contributed by atoms with Crippen molar-refractivity contribution in [3.05, 3.63) is 59.7 Å². The first-order valence-corrected chi connectivity index (χ1v) is 15.4. The van der Waals surface area contributed by atoms with E-state index in [1.807, 2.05) is 43.3 Å². The number of carbonyl (C=O) groups is 4. The summed E-state index contributed by atoms with van der Waals surface area (Å²) < 4.78 is 16.3. The topological polar surface area (TPSA) is 157 Å². The second-order valence-corrected chi connectivity index (χ2v) is 11.7. The lowest BCUT2D eigenvalue weighted by molar-refractivity contribution is -0.140. The van der Waals surface area contributed by atoms with Gasteiger partial charge in [-0.15, -0.1) is 0 Å². The van der Waals surface area contributed by atoms with Gasteiger partial charge in [0.1, 0.15) is 11.6 Å². The normalized spacial score (nSPS) is 20.7. The van der Waals surface area contributed by atoms with Gasteiger partial charge < -0.3 is 35.1 Å². The van der Waals surface area contributed by atoms with Crippen molar-refractivity contribution in [3.8, 4) is 17.2 Å². The van der Waals surface area contributed by atoms with Gasteiger partial charge in [-0.2, -0.15) is 0 Å². The number of benzene rings is 2. The Bertz CT molecular complexity index is 1470. The highest BCUT2D eigenvalue weighted by Gasteiger charge is 2.52. The van der Waals surface area contributed by atoms with Gasteiger partial charge >= 0.3 is 6.03 Å². The third kappa shape index (κ3) is 7.20. The van der Waals surface area contributed by atoms with Gasteiger partial charge in [0.05, 0.1) is 39.6 Å². The number of ether oxygens (including phenoxy) is 3. The van der Waals surface area contributed by atoms with E-state index in [2.05, 4.69) is 21.4 Å². The monoisotopic (exact) mass is 635 g/mol. The fraction of sp³-hybridized carbons (Fsp3) is 0.455. The van der Waals surface area contributed by atoms with Gasteiger partial charge in [-0.3, -0.25) is 24.7 Å². The van der Waals surface area contributed by atoms with Crippen LogP contribution in [0.15, 0.2) is 48.5 Å².